The molecule has 0 radical (unpaired) electrons. The molecule has 4 N–H and O–H groups in total. The summed E-state index contributed by atoms with van der Waals surface area (Å²) in [5.74, 6) is -15.6. The first-order valence-corrected chi connectivity index (χ1v) is 41.4. The smallest absolute Gasteiger partial charge is 0.378 e. The predicted molar refractivity (Wildman–Crippen MR) is 398 cm³/mol. The van der Waals surface area contributed by atoms with Crippen molar-refractivity contribution in [3.05, 3.63) is 0 Å². The molecule has 4 aliphatic heterocycles. The van der Waals surface area contributed by atoms with Gasteiger partial charge in [-0.25, -0.2) is 8.78 Å². The molecule has 640 valence electrons. The molecule has 0 aromatic rings. The van der Waals surface area contributed by atoms with Gasteiger partial charge in [0.2, 0.25) is 65.0 Å². The van der Waals surface area contributed by atoms with E-state index in [-0.39, 0.29) is 128 Å². The third-order valence-electron chi connectivity index (χ3n) is 26.2. The van der Waals surface area contributed by atoms with Gasteiger partial charge < -0.3 is 69.7 Å². The Balaban J connectivity index is 1.12. The number of aliphatic hydroxyl groups is 1. The van der Waals surface area contributed by atoms with Gasteiger partial charge in [0.25, 0.3) is 0 Å². The Kier molecular flexibility index (Phi) is 31.3. The van der Waals surface area contributed by atoms with Crippen LogP contribution in [0.4, 0.5) is 35.1 Å². The SMILES string of the molecule is CC[C@H](C)[C@@H]1NC(=O)[C@H](CC(C)C)N(C)C(=O)C[C@@H](C(=O)N2CCOCC2)N(C)C(=O)[C@H](C2CCCC2)N(C)C(=O)C2(CCC2)NC(=O)[C@@H]2[C@@H](OCC3CC3)CCN2C(=O)[C@H](CCC2CC(F)C(C(F)(F)F)C(F)C2)NC(=O)CN(C)C(=O)[C@H](CC2CCC(C(F)(F)F)CC2)N2CCCCC[C@@H](C2O)N(C)C(=O)CN(C)C1=O. The van der Waals surface area contributed by atoms with Gasteiger partial charge in [0.05, 0.1) is 56.8 Å². The Morgan fingerprint density at radius 3 is 1.81 bits per heavy atom. The summed E-state index contributed by atoms with van der Waals surface area (Å²) in [7, 11) is 8.28. The maximum atomic E-state index is 15.8. The number of likely N-dealkylation sites (N-methyl/N-ethyl adjacent to an activating group) is 6. The summed E-state index contributed by atoms with van der Waals surface area (Å²) in [5, 5.41) is 21.4. The quantitative estimate of drug-likeness (QED) is 0.135. The molecule has 4 unspecified atom stereocenters. The minimum atomic E-state index is -5.21. The maximum Gasteiger partial charge on any atom is 0.397 e. The van der Waals surface area contributed by atoms with Crippen molar-refractivity contribution in [2.24, 2.45) is 47.3 Å². The van der Waals surface area contributed by atoms with Crippen molar-refractivity contribution in [3.63, 3.8) is 0 Å². The van der Waals surface area contributed by atoms with Crippen LogP contribution >= 0.6 is 0 Å². The molecule has 1 spiro atoms. The Morgan fingerprint density at radius 1 is 0.611 bits per heavy atom. The zero-order valence-electron chi connectivity index (χ0n) is 67.6. The van der Waals surface area contributed by atoms with Crippen LogP contribution in [0.3, 0.4) is 0 Å². The van der Waals surface area contributed by atoms with E-state index in [9.17, 15) is 45.8 Å². The van der Waals surface area contributed by atoms with E-state index >= 15 is 47.1 Å². The minimum Gasteiger partial charge on any atom is -0.378 e. The number of nitrogens with zero attached hydrogens (tertiary/aromatic N) is 9. The summed E-state index contributed by atoms with van der Waals surface area (Å²) >= 11 is 0. The van der Waals surface area contributed by atoms with Crippen LogP contribution in [0.25, 0.3) is 0 Å². The Morgan fingerprint density at radius 2 is 1.23 bits per heavy atom. The third kappa shape index (κ3) is 22.2. The summed E-state index contributed by atoms with van der Waals surface area (Å²) in [4.78, 5) is 180. The van der Waals surface area contributed by atoms with Gasteiger partial charge in [-0.1, -0.05) is 59.8 Å². The molecule has 4 saturated heterocycles. The fourth-order valence-electron chi connectivity index (χ4n) is 18.6. The molecule has 9 aliphatic rings. The molecule has 5 saturated carbocycles. The van der Waals surface area contributed by atoms with Gasteiger partial charge >= 0.3 is 12.4 Å². The van der Waals surface area contributed by atoms with Crippen LogP contribution in [-0.2, 0) is 62.2 Å². The number of carbonyl (C=O) groups excluding carboxylic acids is 11. The van der Waals surface area contributed by atoms with E-state index in [0.29, 0.717) is 57.8 Å². The molecule has 34 heteroatoms. The highest BCUT2D eigenvalue weighted by molar-refractivity contribution is 6.01. The second kappa shape index (κ2) is 39.1. The van der Waals surface area contributed by atoms with Gasteiger partial charge in [0, 0.05) is 75.1 Å². The molecule has 9 fully saturated rings. The van der Waals surface area contributed by atoms with Crippen molar-refractivity contribution >= 4 is 65.0 Å². The van der Waals surface area contributed by atoms with Crippen molar-refractivity contribution in [2.75, 3.05) is 101 Å². The first-order valence-electron chi connectivity index (χ1n) is 41.4. The standard InChI is InChI=1S/C79H124F8N12O14/c1-11-47(4)65-74(109)92(6)44-63(102)93(7)56-20-13-12-16-32-98(73(56)108)59(41-48-23-26-52(27-24-48)78(82,83)84)71(106)91(5)43-61(100)88-55(28-25-50-39-53(80)64(54(81)40-50)79(85,86)87)70(105)99-33-29-60(113-45-49-21-22-49)67(99)69(104)90-77(30-17-31-77)76(111)96(10)66(51-18-14-15-19-51)75(110)95(9)58(72(107)97-34-36-112-37-35-97)42-62(101)94(8)57(38-46(2)3)68(103)89-65/h46-60,64-67,73,108H,11-45H2,1-10H3,(H,88,100)(H,89,103)(H,90,104)/t47-,48?,50?,52?,53?,54?,55-,56-,57-,58-,59-,60-,64?,65-,66-,67-,73?/m0/s1. The van der Waals surface area contributed by atoms with Crippen LogP contribution < -0.4 is 16.0 Å². The number of alkyl halides is 8. The minimum absolute atomic E-state index is 0.0228. The van der Waals surface area contributed by atoms with Crippen LogP contribution in [-0.4, -0.2) is 306 Å². The van der Waals surface area contributed by atoms with E-state index in [0.717, 1.165) is 22.6 Å². The van der Waals surface area contributed by atoms with Crippen LogP contribution in [0.15, 0.2) is 0 Å². The molecule has 0 aromatic carbocycles. The number of fused-ring (bicyclic) bond motifs is 3. The van der Waals surface area contributed by atoms with E-state index < -0.39 is 230 Å². The van der Waals surface area contributed by atoms with E-state index in [1.807, 2.05) is 13.8 Å². The molecule has 5 aliphatic carbocycles. The molecule has 0 aromatic heterocycles. The van der Waals surface area contributed by atoms with Crippen molar-refractivity contribution in [1.29, 1.82) is 0 Å². The predicted octanol–water partition coefficient (Wildman–Crippen LogP) is 6.53. The van der Waals surface area contributed by atoms with Crippen LogP contribution in [0.2, 0.25) is 0 Å². The fraction of sp³-hybridized carbons (Fsp3) is 0.861. The Labute approximate surface area is 659 Å². The fourth-order valence-corrected chi connectivity index (χ4v) is 18.6. The average Bonchev–Trinajstić information content (AvgIpc) is 1.73. The summed E-state index contributed by atoms with van der Waals surface area (Å²) in [6.45, 7) is 6.32. The van der Waals surface area contributed by atoms with Gasteiger partial charge in [0.1, 0.15) is 66.3 Å². The summed E-state index contributed by atoms with van der Waals surface area (Å²) in [5.41, 5.74) is -1.71. The zero-order valence-corrected chi connectivity index (χ0v) is 67.6. The molecule has 26 nitrogen and oxygen atoms in total. The number of hydrogen-bond donors (Lipinski definition) is 4. The topological polar surface area (TPSA) is 292 Å². The lowest BCUT2D eigenvalue weighted by atomic mass is 9.74. The molecule has 2 bridgehead atoms. The van der Waals surface area contributed by atoms with Gasteiger partial charge in [-0.3, -0.25) is 57.6 Å². The first kappa shape index (κ1) is 90.4. The first-order chi connectivity index (χ1) is 53.3. The monoisotopic (exact) mass is 1620 g/mol. The number of amides is 11. The number of morpholine rings is 1. The van der Waals surface area contributed by atoms with Crippen LogP contribution in [0.5, 0.6) is 0 Å². The second-order valence-corrected chi connectivity index (χ2v) is 34.6. The number of aliphatic hydroxyl groups excluding tert-OH is 1. The summed E-state index contributed by atoms with van der Waals surface area (Å²) in [6.07, 6.45) is -14.6. The Bertz CT molecular complexity index is 3300. The lowest BCUT2D eigenvalue weighted by Gasteiger charge is -2.47. The second-order valence-electron chi connectivity index (χ2n) is 34.6. The summed E-state index contributed by atoms with van der Waals surface area (Å²) in [6, 6.07) is -11.0. The number of rotatable bonds is 14. The van der Waals surface area contributed by atoms with E-state index in [1.54, 1.807) is 13.8 Å². The molecule has 14 atom stereocenters. The number of hydrogen-bond acceptors (Lipinski definition) is 15. The summed E-state index contributed by atoms with van der Waals surface area (Å²) < 4.78 is 128. The molecule has 4 heterocycles. The van der Waals surface area contributed by atoms with Crippen molar-refractivity contribution < 1.29 is 102 Å². The largest absolute Gasteiger partial charge is 0.397 e. The van der Waals surface area contributed by atoms with E-state index in [1.165, 1.54) is 76.6 Å². The van der Waals surface area contributed by atoms with Gasteiger partial charge in [0.15, 0.2) is 0 Å². The normalized spacial score (nSPS) is 33.8. The zero-order chi connectivity index (χ0) is 82.9. The molecular weight excluding hydrogens is 1490 g/mol. The molecule has 113 heavy (non-hydrogen) atoms. The van der Waals surface area contributed by atoms with E-state index in [2.05, 4.69) is 16.0 Å². The highest BCUT2D eigenvalue weighted by atomic mass is 19.4. The molecule has 9 rings (SSSR count). The molecular formula is C79H124F8N12O14. The number of nitrogens with one attached hydrogen (secondary N) is 3. The highest BCUT2D eigenvalue weighted by Crippen LogP contribution is 2.46. The highest BCUT2D eigenvalue weighted by Gasteiger charge is 2.57. The van der Waals surface area contributed by atoms with E-state index in [4.69, 9.17) is 9.47 Å². The van der Waals surface area contributed by atoms with Gasteiger partial charge in [-0.2, -0.15) is 26.3 Å². The number of halogens is 8. The van der Waals surface area contributed by atoms with Crippen LogP contribution in [0, 0.1) is 47.3 Å². The van der Waals surface area contributed by atoms with Crippen molar-refractivity contribution in [2.45, 2.75) is 286 Å². The maximum absolute atomic E-state index is 15.8. The Hall–Kier alpha value is -6.55. The molecule has 11 amide bonds. The van der Waals surface area contributed by atoms with Crippen LogP contribution in [0.1, 0.15) is 195 Å². The number of carbonyl (C=O) groups is 11. The van der Waals surface area contributed by atoms with Crippen molar-refractivity contribution in [1.82, 2.24) is 60.0 Å². The van der Waals surface area contributed by atoms with Crippen molar-refractivity contribution in [3.8, 4) is 0 Å². The third-order valence-corrected chi connectivity index (χ3v) is 26.2. The lowest BCUT2D eigenvalue weighted by molar-refractivity contribution is -0.219. The average molecular weight is 1620 g/mol. The van der Waals surface area contributed by atoms with Gasteiger partial charge in [-0.15, -0.1) is 0 Å². The number of ether oxygens (including phenoxy) is 2. The lowest BCUT2D eigenvalue weighted by Crippen LogP contribution is -2.69. The van der Waals surface area contributed by atoms with Gasteiger partial charge in [-0.05, 0) is 164 Å².